The summed E-state index contributed by atoms with van der Waals surface area (Å²) in [4.78, 5) is 11.3. The first kappa shape index (κ1) is 17.7. The summed E-state index contributed by atoms with van der Waals surface area (Å²) in [5, 5.41) is 12.8. The molecule has 1 aromatic heterocycles. The van der Waals surface area contributed by atoms with Gasteiger partial charge in [0.25, 0.3) is 0 Å². The SMILES string of the molecule is CC(C)[C@H](CO)Nc1nccc(N2Cc3ccccc3C(C)(C)C2)n1. The van der Waals surface area contributed by atoms with Crippen LogP contribution >= 0.6 is 0 Å². The minimum absolute atomic E-state index is 0.0474. The van der Waals surface area contributed by atoms with E-state index in [4.69, 9.17) is 4.98 Å². The number of aliphatic hydroxyl groups is 1. The van der Waals surface area contributed by atoms with E-state index >= 15 is 0 Å². The van der Waals surface area contributed by atoms with Gasteiger partial charge in [0.05, 0.1) is 12.6 Å². The van der Waals surface area contributed by atoms with Crippen LogP contribution in [0.4, 0.5) is 11.8 Å². The van der Waals surface area contributed by atoms with Crippen LogP contribution in [0.25, 0.3) is 0 Å². The molecule has 0 saturated heterocycles. The van der Waals surface area contributed by atoms with Crippen LogP contribution in [0.2, 0.25) is 0 Å². The highest BCUT2D eigenvalue weighted by molar-refractivity contribution is 5.49. The van der Waals surface area contributed by atoms with Crippen LogP contribution in [-0.2, 0) is 12.0 Å². The molecule has 0 saturated carbocycles. The van der Waals surface area contributed by atoms with Crippen molar-refractivity contribution in [3.8, 4) is 0 Å². The molecule has 0 aliphatic carbocycles. The fraction of sp³-hybridized carbons (Fsp3) is 0.500. The van der Waals surface area contributed by atoms with Crippen LogP contribution in [0.15, 0.2) is 36.5 Å². The van der Waals surface area contributed by atoms with Gasteiger partial charge in [-0.15, -0.1) is 0 Å². The summed E-state index contributed by atoms with van der Waals surface area (Å²) in [6, 6.07) is 10.6. The largest absolute Gasteiger partial charge is 0.394 e. The molecular weight excluding hydrogens is 312 g/mol. The normalized spacial score (nSPS) is 17.3. The standard InChI is InChI=1S/C20H28N4O/c1-14(2)17(12-25)22-19-21-10-9-18(23-19)24-11-15-7-5-6-8-16(15)20(3,4)13-24/h5-10,14,17,25H,11-13H2,1-4H3,(H,21,22,23)/t17-/m0/s1. The molecule has 25 heavy (non-hydrogen) atoms. The molecule has 0 amide bonds. The molecule has 0 radical (unpaired) electrons. The Bertz CT molecular complexity index is 729. The van der Waals surface area contributed by atoms with Gasteiger partial charge in [-0.25, -0.2) is 4.98 Å². The Morgan fingerprint density at radius 3 is 2.72 bits per heavy atom. The molecule has 0 bridgehead atoms. The summed E-state index contributed by atoms with van der Waals surface area (Å²) >= 11 is 0. The number of benzene rings is 1. The van der Waals surface area contributed by atoms with Crippen LogP contribution in [-0.4, -0.2) is 34.3 Å². The van der Waals surface area contributed by atoms with Gasteiger partial charge in [-0.3, -0.25) is 0 Å². The second-order valence-electron chi connectivity index (χ2n) is 7.81. The summed E-state index contributed by atoms with van der Waals surface area (Å²) in [6.07, 6.45) is 1.78. The number of fused-ring (bicyclic) bond motifs is 1. The zero-order valence-electron chi connectivity index (χ0n) is 15.5. The Morgan fingerprint density at radius 2 is 2.00 bits per heavy atom. The average Bonchev–Trinajstić information content (AvgIpc) is 2.59. The molecule has 1 aliphatic rings. The van der Waals surface area contributed by atoms with E-state index in [1.807, 2.05) is 6.07 Å². The summed E-state index contributed by atoms with van der Waals surface area (Å²) in [5.74, 6) is 1.79. The molecule has 5 nitrogen and oxygen atoms in total. The monoisotopic (exact) mass is 340 g/mol. The van der Waals surface area contributed by atoms with Gasteiger partial charge in [-0.05, 0) is 23.1 Å². The quantitative estimate of drug-likeness (QED) is 0.875. The predicted molar refractivity (Wildman–Crippen MR) is 102 cm³/mol. The zero-order chi connectivity index (χ0) is 18.0. The second-order valence-corrected chi connectivity index (χ2v) is 7.81. The summed E-state index contributed by atoms with van der Waals surface area (Å²) in [7, 11) is 0. The topological polar surface area (TPSA) is 61.3 Å². The maximum atomic E-state index is 9.53. The molecule has 2 aromatic rings. The van der Waals surface area contributed by atoms with Crippen LogP contribution < -0.4 is 10.2 Å². The number of rotatable bonds is 5. The van der Waals surface area contributed by atoms with E-state index in [1.165, 1.54) is 11.1 Å². The predicted octanol–water partition coefficient (Wildman–Crippen LogP) is 3.20. The zero-order valence-corrected chi connectivity index (χ0v) is 15.5. The maximum absolute atomic E-state index is 9.53. The lowest BCUT2D eigenvalue weighted by Gasteiger charge is -2.40. The Kier molecular flexibility index (Phi) is 4.95. The fourth-order valence-corrected chi connectivity index (χ4v) is 3.49. The molecule has 0 spiro atoms. The first-order valence-corrected chi connectivity index (χ1v) is 8.94. The van der Waals surface area contributed by atoms with Crippen molar-refractivity contribution >= 4 is 11.8 Å². The lowest BCUT2D eigenvalue weighted by Crippen LogP contribution is -2.42. The van der Waals surface area contributed by atoms with E-state index in [9.17, 15) is 5.11 Å². The molecule has 134 valence electrons. The Labute approximate surface area is 150 Å². The van der Waals surface area contributed by atoms with E-state index in [0.29, 0.717) is 11.9 Å². The van der Waals surface area contributed by atoms with Crippen molar-refractivity contribution in [2.45, 2.75) is 45.7 Å². The van der Waals surface area contributed by atoms with Crippen LogP contribution in [0.1, 0.15) is 38.8 Å². The Balaban J connectivity index is 1.85. The van der Waals surface area contributed by atoms with Crippen molar-refractivity contribution in [1.82, 2.24) is 9.97 Å². The molecule has 1 aromatic carbocycles. The van der Waals surface area contributed by atoms with Gasteiger partial charge in [-0.1, -0.05) is 52.0 Å². The highest BCUT2D eigenvalue weighted by Gasteiger charge is 2.32. The summed E-state index contributed by atoms with van der Waals surface area (Å²) < 4.78 is 0. The van der Waals surface area contributed by atoms with Crippen molar-refractivity contribution in [1.29, 1.82) is 0 Å². The third-order valence-electron chi connectivity index (χ3n) is 4.97. The number of hydrogen-bond acceptors (Lipinski definition) is 5. The molecule has 0 unspecified atom stereocenters. The third kappa shape index (κ3) is 3.76. The smallest absolute Gasteiger partial charge is 0.224 e. The third-order valence-corrected chi connectivity index (χ3v) is 4.97. The average molecular weight is 340 g/mol. The highest BCUT2D eigenvalue weighted by Crippen LogP contribution is 2.35. The van der Waals surface area contributed by atoms with Crippen molar-refractivity contribution in [3.05, 3.63) is 47.7 Å². The number of anilines is 2. The summed E-state index contributed by atoms with van der Waals surface area (Å²) in [5.41, 5.74) is 2.83. The van der Waals surface area contributed by atoms with Crippen LogP contribution in [0.5, 0.6) is 0 Å². The number of aliphatic hydroxyl groups excluding tert-OH is 1. The molecule has 1 atom stereocenters. The maximum Gasteiger partial charge on any atom is 0.224 e. The molecule has 3 rings (SSSR count). The van der Waals surface area contributed by atoms with Gasteiger partial charge in [-0.2, -0.15) is 4.98 Å². The van der Waals surface area contributed by atoms with Crippen molar-refractivity contribution < 1.29 is 5.11 Å². The van der Waals surface area contributed by atoms with Gasteiger partial charge in [0, 0.05) is 24.7 Å². The Morgan fingerprint density at radius 1 is 1.24 bits per heavy atom. The molecular formula is C20H28N4O. The number of hydrogen-bond donors (Lipinski definition) is 2. The van der Waals surface area contributed by atoms with Crippen molar-refractivity contribution in [3.63, 3.8) is 0 Å². The van der Waals surface area contributed by atoms with Crippen molar-refractivity contribution in [2.24, 2.45) is 5.92 Å². The fourth-order valence-electron chi connectivity index (χ4n) is 3.49. The van der Waals surface area contributed by atoms with E-state index in [-0.39, 0.29) is 18.1 Å². The number of aromatic nitrogens is 2. The first-order chi connectivity index (χ1) is 11.9. The molecule has 5 heteroatoms. The second kappa shape index (κ2) is 7.00. The minimum Gasteiger partial charge on any atom is -0.394 e. The molecule has 2 heterocycles. The van der Waals surface area contributed by atoms with Crippen LogP contribution in [0, 0.1) is 5.92 Å². The lowest BCUT2D eigenvalue weighted by molar-refractivity contribution is 0.248. The van der Waals surface area contributed by atoms with Gasteiger partial charge < -0.3 is 15.3 Å². The molecule has 1 aliphatic heterocycles. The van der Waals surface area contributed by atoms with Crippen LogP contribution in [0.3, 0.4) is 0 Å². The minimum atomic E-state index is -0.0474. The Hall–Kier alpha value is -2.14. The number of nitrogens with one attached hydrogen (secondary N) is 1. The van der Waals surface area contributed by atoms with Gasteiger partial charge >= 0.3 is 0 Å². The first-order valence-electron chi connectivity index (χ1n) is 8.94. The van der Waals surface area contributed by atoms with E-state index in [1.54, 1.807) is 6.20 Å². The van der Waals surface area contributed by atoms with Gasteiger partial charge in [0.1, 0.15) is 5.82 Å². The van der Waals surface area contributed by atoms with E-state index < -0.39 is 0 Å². The van der Waals surface area contributed by atoms with E-state index in [0.717, 1.165) is 18.9 Å². The highest BCUT2D eigenvalue weighted by atomic mass is 16.3. The van der Waals surface area contributed by atoms with E-state index in [2.05, 4.69) is 67.2 Å². The molecule has 0 fully saturated rings. The van der Waals surface area contributed by atoms with Gasteiger partial charge in [0.2, 0.25) is 5.95 Å². The van der Waals surface area contributed by atoms with Gasteiger partial charge in [0.15, 0.2) is 0 Å². The lowest BCUT2D eigenvalue weighted by atomic mass is 9.78. The molecule has 2 N–H and O–H groups in total. The van der Waals surface area contributed by atoms with Crippen molar-refractivity contribution in [2.75, 3.05) is 23.4 Å². The number of nitrogens with zero attached hydrogens (tertiary/aromatic N) is 3. The summed E-state index contributed by atoms with van der Waals surface area (Å²) in [6.45, 7) is 10.5.